The number of aromatic amines is 2. The maximum atomic E-state index is 14.0. The standard InChI is InChI=1S/C46H55N9O8/c1-60-45(58)51-39(30-16-20-62-26-30)43(56)54-18-6-10-37(54)41-47-33-14-12-28(22-35(33)49-41)24-53(32-8-4-3-5-9-32)25-29-13-15-34-36(23-29)50-42(48-34)38-11-7-19-55(38)44(57)40(52-46(59)61-2)31-17-21-63-27-31/h3-5,8-9,12-15,22-23,30-31,37-40H,6-7,10-11,16-21,24-27H2,1-2H3,(H,47,49)(H,48,50)(H,51,58)(H,52,59)/t30?,31?,37-,38-,39-,40-/m0/s1. The summed E-state index contributed by atoms with van der Waals surface area (Å²) in [6.07, 6.45) is 3.28. The third-order valence-corrected chi connectivity index (χ3v) is 13.0. The van der Waals surface area contributed by atoms with Crippen molar-refractivity contribution < 1.29 is 38.1 Å². The second-order valence-electron chi connectivity index (χ2n) is 17.0. The number of nitrogens with one attached hydrogen (secondary N) is 4. The van der Waals surface area contributed by atoms with Gasteiger partial charge in [0.05, 0.1) is 61.6 Å². The molecule has 4 amide bonds. The van der Waals surface area contributed by atoms with Crippen LogP contribution in [0.25, 0.3) is 22.1 Å². The number of H-pyrrole nitrogens is 2. The summed E-state index contributed by atoms with van der Waals surface area (Å²) in [5.74, 6) is 0.905. The Morgan fingerprint density at radius 3 is 1.60 bits per heavy atom. The molecule has 0 saturated carbocycles. The molecule has 5 aromatic rings. The monoisotopic (exact) mass is 861 g/mol. The lowest BCUT2D eigenvalue weighted by molar-refractivity contribution is -0.136. The van der Waals surface area contributed by atoms with Crippen molar-refractivity contribution in [3.05, 3.63) is 89.5 Å². The molecular weight excluding hydrogens is 807 g/mol. The molecule has 17 nitrogen and oxygen atoms in total. The molecule has 6 heterocycles. The summed E-state index contributed by atoms with van der Waals surface area (Å²) in [6, 6.07) is 20.8. The lowest BCUT2D eigenvalue weighted by Gasteiger charge is -2.30. The zero-order valence-corrected chi connectivity index (χ0v) is 35.7. The second-order valence-corrected chi connectivity index (χ2v) is 17.0. The number of fused-ring (bicyclic) bond motifs is 2. The first kappa shape index (κ1) is 42.1. The number of likely N-dealkylation sites (tertiary alicyclic amines) is 2. The first-order valence-corrected chi connectivity index (χ1v) is 22.0. The summed E-state index contributed by atoms with van der Waals surface area (Å²) in [4.78, 5) is 75.7. The fraction of sp³-hybridized carbons (Fsp3) is 0.478. The van der Waals surface area contributed by atoms with Crippen molar-refractivity contribution in [2.75, 3.05) is 58.6 Å². The highest BCUT2D eigenvalue weighted by molar-refractivity contribution is 5.88. The number of anilines is 1. The van der Waals surface area contributed by atoms with E-state index in [1.807, 2.05) is 40.1 Å². The third-order valence-electron chi connectivity index (χ3n) is 13.0. The Hall–Kier alpha value is -6.20. The number of hydrogen-bond donors (Lipinski definition) is 4. The molecule has 4 fully saturated rings. The fourth-order valence-corrected chi connectivity index (χ4v) is 9.72. The molecule has 3 aromatic carbocycles. The number of alkyl carbamates (subject to hydrolysis) is 2. The van der Waals surface area contributed by atoms with Crippen LogP contribution in [-0.2, 0) is 41.6 Å². The average molecular weight is 862 g/mol. The van der Waals surface area contributed by atoms with Crippen LogP contribution >= 0.6 is 0 Å². The van der Waals surface area contributed by atoms with E-state index in [0.29, 0.717) is 65.4 Å². The molecule has 2 aromatic heterocycles. The summed E-state index contributed by atoms with van der Waals surface area (Å²) in [5.41, 5.74) is 6.62. The number of rotatable bonds is 13. The number of nitrogens with zero attached hydrogens (tertiary/aromatic N) is 5. The molecule has 6 atom stereocenters. The van der Waals surface area contributed by atoms with Gasteiger partial charge < -0.3 is 54.2 Å². The van der Waals surface area contributed by atoms with Gasteiger partial charge in [-0.25, -0.2) is 19.6 Å². The van der Waals surface area contributed by atoms with Gasteiger partial charge in [0, 0.05) is 56.9 Å². The minimum absolute atomic E-state index is 0.128. The van der Waals surface area contributed by atoms with Gasteiger partial charge in [0.15, 0.2) is 0 Å². The van der Waals surface area contributed by atoms with Crippen molar-refractivity contribution in [2.24, 2.45) is 11.8 Å². The summed E-state index contributed by atoms with van der Waals surface area (Å²) in [6.45, 7) is 4.28. The predicted molar refractivity (Wildman–Crippen MR) is 232 cm³/mol. The van der Waals surface area contributed by atoms with Crippen LogP contribution in [0.2, 0.25) is 0 Å². The van der Waals surface area contributed by atoms with Crippen LogP contribution in [-0.4, -0.2) is 120 Å². The highest BCUT2D eigenvalue weighted by atomic mass is 16.5. The van der Waals surface area contributed by atoms with E-state index in [-0.39, 0.29) is 35.7 Å². The number of para-hydroxylation sites is 1. The van der Waals surface area contributed by atoms with E-state index in [4.69, 9.17) is 28.9 Å². The fourth-order valence-electron chi connectivity index (χ4n) is 9.72. The van der Waals surface area contributed by atoms with Crippen molar-refractivity contribution in [3.63, 3.8) is 0 Å². The quantitative estimate of drug-likeness (QED) is 0.117. The van der Waals surface area contributed by atoms with Gasteiger partial charge in [-0.15, -0.1) is 0 Å². The molecule has 9 rings (SSSR count). The van der Waals surface area contributed by atoms with E-state index >= 15 is 0 Å². The van der Waals surface area contributed by atoms with Gasteiger partial charge in [-0.1, -0.05) is 30.3 Å². The van der Waals surface area contributed by atoms with Crippen LogP contribution in [0.5, 0.6) is 0 Å². The van der Waals surface area contributed by atoms with Crippen LogP contribution < -0.4 is 15.5 Å². The highest BCUT2D eigenvalue weighted by Crippen LogP contribution is 2.36. The van der Waals surface area contributed by atoms with Gasteiger partial charge >= 0.3 is 12.2 Å². The molecule has 4 aliphatic heterocycles. The van der Waals surface area contributed by atoms with Crippen LogP contribution in [0.4, 0.5) is 15.3 Å². The zero-order valence-electron chi connectivity index (χ0n) is 35.7. The number of amides is 4. The Labute approximate surface area is 365 Å². The number of benzene rings is 3. The first-order chi connectivity index (χ1) is 30.8. The van der Waals surface area contributed by atoms with Crippen LogP contribution in [0.3, 0.4) is 0 Å². The minimum atomic E-state index is -0.738. The van der Waals surface area contributed by atoms with E-state index in [1.54, 1.807) is 0 Å². The van der Waals surface area contributed by atoms with E-state index in [2.05, 4.69) is 61.9 Å². The molecule has 0 radical (unpaired) electrons. The Balaban J connectivity index is 0.919. The van der Waals surface area contributed by atoms with Gasteiger partial charge in [-0.05, 0) is 86.1 Å². The highest BCUT2D eigenvalue weighted by Gasteiger charge is 2.42. The molecule has 63 heavy (non-hydrogen) atoms. The van der Waals surface area contributed by atoms with Gasteiger partial charge in [-0.3, -0.25) is 9.59 Å². The molecule has 0 bridgehead atoms. The zero-order chi connectivity index (χ0) is 43.5. The van der Waals surface area contributed by atoms with E-state index < -0.39 is 24.3 Å². The topological polar surface area (TPSA) is 196 Å². The number of carbonyl (C=O) groups is 4. The molecule has 4 aliphatic rings. The second kappa shape index (κ2) is 18.6. The Morgan fingerprint density at radius 2 is 1.17 bits per heavy atom. The van der Waals surface area contributed by atoms with Crippen LogP contribution in [0.15, 0.2) is 66.7 Å². The molecule has 2 unspecified atom stereocenters. The number of methoxy groups -OCH3 is 2. The van der Waals surface area contributed by atoms with Gasteiger partial charge in [-0.2, -0.15) is 0 Å². The maximum Gasteiger partial charge on any atom is 0.407 e. The SMILES string of the molecule is COC(=O)N[C@H](C(=O)N1CCC[C@H]1c1nc2cc(CN(Cc3ccc4[nH]c([C@@H]5CCCN5C(=O)[C@@H](NC(=O)OC)C5CCOC5)nc4c3)c3ccccc3)ccc2[nH]1)C1CCOC1. The van der Waals surface area contributed by atoms with E-state index in [9.17, 15) is 19.2 Å². The molecule has 4 N–H and O–H groups in total. The molecular formula is C46H55N9O8. The molecule has 4 saturated heterocycles. The molecule has 0 spiro atoms. The van der Waals surface area contributed by atoms with Crippen molar-refractivity contribution in [1.29, 1.82) is 0 Å². The number of ether oxygens (including phenoxy) is 4. The Morgan fingerprint density at radius 1 is 0.698 bits per heavy atom. The Kier molecular flexibility index (Phi) is 12.5. The minimum Gasteiger partial charge on any atom is -0.453 e. The number of aromatic nitrogens is 4. The lowest BCUT2D eigenvalue weighted by atomic mass is 9.97. The number of hydrogen-bond acceptors (Lipinski definition) is 11. The smallest absolute Gasteiger partial charge is 0.407 e. The van der Waals surface area contributed by atoms with Crippen LogP contribution in [0.1, 0.15) is 73.4 Å². The third kappa shape index (κ3) is 9.02. The summed E-state index contributed by atoms with van der Waals surface area (Å²) in [7, 11) is 2.60. The van der Waals surface area contributed by atoms with Gasteiger partial charge in [0.25, 0.3) is 0 Å². The predicted octanol–water partition coefficient (Wildman–Crippen LogP) is 5.50. The van der Waals surface area contributed by atoms with Crippen LogP contribution in [0, 0.1) is 11.8 Å². The molecule has 332 valence electrons. The van der Waals surface area contributed by atoms with Crippen molar-refractivity contribution in [2.45, 2.75) is 75.8 Å². The van der Waals surface area contributed by atoms with E-state index in [0.717, 1.165) is 76.2 Å². The number of carbonyl (C=O) groups excluding carboxylic acids is 4. The molecule has 0 aliphatic carbocycles. The largest absolute Gasteiger partial charge is 0.453 e. The van der Waals surface area contributed by atoms with Crippen molar-refractivity contribution in [3.8, 4) is 0 Å². The summed E-state index contributed by atoms with van der Waals surface area (Å²) >= 11 is 0. The maximum absolute atomic E-state index is 14.0. The average Bonchev–Trinajstić information content (AvgIpc) is 4.16. The van der Waals surface area contributed by atoms with Gasteiger partial charge in [0.1, 0.15) is 23.7 Å². The van der Waals surface area contributed by atoms with Gasteiger partial charge in [0.2, 0.25) is 11.8 Å². The molecule has 17 heteroatoms. The van der Waals surface area contributed by atoms with E-state index in [1.165, 1.54) is 14.2 Å². The number of imidazole rings is 2. The lowest BCUT2D eigenvalue weighted by Crippen LogP contribution is -2.52. The van der Waals surface area contributed by atoms with Crippen molar-refractivity contribution in [1.82, 2.24) is 40.4 Å². The normalized spacial score (nSPS) is 22.1. The van der Waals surface area contributed by atoms with Crippen molar-refractivity contribution >= 4 is 51.8 Å². The first-order valence-electron chi connectivity index (χ1n) is 22.0. The summed E-state index contributed by atoms with van der Waals surface area (Å²) < 4.78 is 20.9. The Bertz CT molecular complexity index is 2280. The summed E-state index contributed by atoms with van der Waals surface area (Å²) in [5, 5.41) is 5.56.